The van der Waals surface area contributed by atoms with Crippen LogP contribution in [0.1, 0.15) is 6.92 Å². The maximum atomic E-state index is 10.5. The topological polar surface area (TPSA) is 72.4 Å². The van der Waals surface area contributed by atoms with Gasteiger partial charge in [-0.05, 0) is 19.1 Å². The first-order valence-electron chi connectivity index (χ1n) is 4.31. The van der Waals surface area contributed by atoms with Crippen LogP contribution in [0.5, 0.6) is 0 Å². The van der Waals surface area contributed by atoms with E-state index in [-0.39, 0.29) is 11.4 Å². The number of anilines is 2. The Bertz CT molecular complexity index is 352. The Labute approximate surface area is 82.3 Å². The molecule has 1 aromatic rings. The number of nitrogen functional groups attached to an aromatic ring is 1. The third-order valence-electron chi connectivity index (χ3n) is 2.12. The Balaban J connectivity index is 3.06. The van der Waals surface area contributed by atoms with E-state index >= 15 is 0 Å². The van der Waals surface area contributed by atoms with E-state index in [4.69, 9.17) is 5.73 Å². The molecule has 0 amide bonds. The van der Waals surface area contributed by atoms with Crippen LogP contribution in [-0.2, 0) is 0 Å². The summed E-state index contributed by atoms with van der Waals surface area (Å²) < 4.78 is 0. The SMILES string of the molecule is CCN(C)c1ccc([N+](=O)[O-])c(N)c1. The van der Waals surface area contributed by atoms with E-state index in [1.54, 1.807) is 12.1 Å². The molecule has 0 radical (unpaired) electrons. The maximum absolute atomic E-state index is 10.5. The number of rotatable bonds is 3. The van der Waals surface area contributed by atoms with Crippen LogP contribution in [0.3, 0.4) is 0 Å². The number of hydrogen-bond acceptors (Lipinski definition) is 4. The van der Waals surface area contributed by atoms with Gasteiger partial charge in [-0.25, -0.2) is 0 Å². The van der Waals surface area contributed by atoms with Gasteiger partial charge in [-0.3, -0.25) is 10.1 Å². The highest BCUT2D eigenvalue weighted by molar-refractivity contribution is 5.66. The van der Waals surface area contributed by atoms with Crippen molar-refractivity contribution in [2.24, 2.45) is 0 Å². The Morgan fingerprint density at radius 3 is 2.64 bits per heavy atom. The smallest absolute Gasteiger partial charge is 0.292 e. The van der Waals surface area contributed by atoms with Crippen LogP contribution in [0.25, 0.3) is 0 Å². The van der Waals surface area contributed by atoms with Crippen molar-refractivity contribution in [3.05, 3.63) is 28.3 Å². The molecule has 0 aliphatic heterocycles. The van der Waals surface area contributed by atoms with E-state index in [1.165, 1.54) is 6.07 Å². The van der Waals surface area contributed by atoms with Crippen LogP contribution in [0, 0.1) is 10.1 Å². The van der Waals surface area contributed by atoms with Gasteiger partial charge in [0.05, 0.1) is 4.92 Å². The van der Waals surface area contributed by atoms with Crippen molar-refractivity contribution in [2.75, 3.05) is 24.2 Å². The zero-order valence-corrected chi connectivity index (χ0v) is 8.23. The lowest BCUT2D eigenvalue weighted by atomic mass is 10.2. The van der Waals surface area contributed by atoms with Crippen molar-refractivity contribution in [3.8, 4) is 0 Å². The minimum Gasteiger partial charge on any atom is -0.393 e. The minimum atomic E-state index is -0.481. The molecule has 0 unspecified atom stereocenters. The summed E-state index contributed by atoms with van der Waals surface area (Å²) in [4.78, 5) is 12.0. The molecule has 0 aromatic heterocycles. The number of nitro benzene ring substituents is 1. The molecule has 0 heterocycles. The molecule has 0 atom stereocenters. The van der Waals surface area contributed by atoms with Crippen molar-refractivity contribution in [1.29, 1.82) is 0 Å². The Morgan fingerprint density at radius 1 is 1.57 bits per heavy atom. The quantitative estimate of drug-likeness (QED) is 0.452. The molecule has 0 fully saturated rings. The molecule has 5 heteroatoms. The van der Waals surface area contributed by atoms with Crippen LogP contribution >= 0.6 is 0 Å². The molecule has 1 aromatic carbocycles. The van der Waals surface area contributed by atoms with Crippen LogP contribution in [0.15, 0.2) is 18.2 Å². The van der Waals surface area contributed by atoms with Gasteiger partial charge in [-0.2, -0.15) is 0 Å². The number of nitrogens with two attached hydrogens (primary N) is 1. The first-order chi connectivity index (χ1) is 6.56. The van der Waals surface area contributed by atoms with Gasteiger partial charge in [0.2, 0.25) is 0 Å². The Morgan fingerprint density at radius 2 is 2.21 bits per heavy atom. The molecule has 0 saturated heterocycles. The lowest BCUT2D eigenvalue weighted by molar-refractivity contribution is -0.383. The van der Waals surface area contributed by atoms with Gasteiger partial charge in [-0.1, -0.05) is 0 Å². The summed E-state index contributed by atoms with van der Waals surface area (Å²) in [5, 5.41) is 10.5. The molecular formula is C9H13N3O2. The summed E-state index contributed by atoms with van der Waals surface area (Å²) in [6, 6.07) is 4.73. The zero-order chi connectivity index (χ0) is 10.7. The monoisotopic (exact) mass is 195 g/mol. The second kappa shape index (κ2) is 3.95. The maximum Gasteiger partial charge on any atom is 0.292 e. The van der Waals surface area contributed by atoms with E-state index in [0.29, 0.717) is 0 Å². The minimum absolute atomic E-state index is 0.0433. The van der Waals surface area contributed by atoms with E-state index in [1.807, 2.05) is 18.9 Å². The zero-order valence-electron chi connectivity index (χ0n) is 8.23. The van der Waals surface area contributed by atoms with Gasteiger partial charge in [-0.15, -0.1) is 0 Å². The van der Waals surface area contributed by atoms with Crippen molar-refractivity contribution in [3.63, 3.8) is 0 Å². The molecule has 14 heavy (non-hydrogen) atoms. The van der Waals surface area contributed by atoms with E-state index in [0.717, 1.165) is 12.2 Å². The number of benzene rings is 1. The molecule has 2 N–H and O–H groups in total. The van der Waals surface area contributed by atoms with E-state index < -0.39 is 4.92 Å². The van der Waals surface area contributed by atoms with Crippen LogP contribution in [0.4, 0.5) is 17.1 Å². The molecular weight excluding hydrogens is 182 g/mol. The average molecular weight is 195 g/mol. The molecule has 1 rings (SSSR count). The first kappa shape index (κ1) is 10.3. The Kier molecular flexibility index (Phi) is 2.91. The lowest BCUT2D eigenvalue weighted by Gasteiger charge is -2.16. The number of nitro groups is 1. The van der Waals surface area contributed by atoms with Gasteiger partial charge < -0.3 is 10.6 Å². The summed E-state index contributed by atoms with van der Waals surface area (Å²) in [6.45, 7) is 2.83. The highest BCUT2D eigenvalue weighted by Gasteiger charge is 2.11. The average Bonchev–Trinajstić information content (AvgIpc) is 2.15. The normalized spacial score (nSPS) is 9.86. The summed E-state index contributed by atoms with van der Waals surface area (Å²) in [5.74, 6) is 0. The summed E-state index contributed by atoms with van der Waals surface area (Å²) in [6.07, 6.45) is 0. The van der Waals surface area contributed by atoms with Crippen molar-refractivity contribution >= 4 is 17.1 Å². The molecule has 0 aliphatic rings. The lowest BCUT2D eigenvalue weighted by Crippen LogP contribution is -2.15. The number of hydrogen-bond donors (Lipinski definition) is 1. The fourth-order valence-electron chi connectivity index (χ4n) is 1.13. The van der Waals surface area contributed by atoms with E-state index in [2.05, 4.69) is 0 Å². The molecule has 0 bridgehead atoms. The second-order valence-electron chi connectivity index (χ2n) is 3.01. The molecule has 0 saturated carbocycles. The first-order valence-corrected chi connectivity index (χ1v) is 4.31. The van der Waals surface area contributed by atoms with Crippen LogP contribution in [-0.4, -0.2) is 18.5 Å². The van der Waals surface area contributed by atoms with Gasteiger partial charge in [0.15, 0.2) is 0 Å². The summed E-state index contributed by atoms with van der Waals surface area (Å²) >= 11 is 0. The fraction of sp³-hybridized carbons (Fsp3) is 0.333. The Hall–Kier alpha value is -1.78. The largest absolute Gasteiger partial charge is 0.393 e. The van der Waals surface area contributed by atoms with E-state index in [9.17, 15) is 10.1 Å². The fourth-order valence-corrected chi connectivity index (χ4v) is 1.13. The summed E-state index contributed by atoms with van der Waals surface area (Å²) in [7, 11) is 1.90. The van der Waals surface area contributed by atoms with Gasteiger partial charge in [0, 0.05) is 25.3 Å². The second-order valence-corrected chi connectivity index (χ2v) is 3.01. The highest BCUT2D eigenvalue weighted by Crippen LogP contribution is 2.26. The van der Waals surface area contributed by atoms with Crippen molar-refractivity contribution in [2.45, 2.75) is 6.92 Å². The molecule has 76 valence electrons. The standard InChI is InChI=1S/C9H13N3O2/c1-3-11(2)7-4-5-9(12(13)14)8(10)6-7/h4-6H,3,10H2,1-2H3. The predicted octanol–water partition coefficient (Wildman–Crippen LogP) is 1.63. The van der Waals surface area contributed by atoms with Gasteiger partial charge in [0.25, 0.3) is 5.69 Å². The van der Waals surface area contributed by atoms with Crippen LogP contribution in [0.2, 0.25) is 0 Å². The predicted molar refractivity (Wildman–Crippen MR) is 56.5 cm³/mol. The van der Waals surface area contributed by atoms with Gasteiger partial charge >= 0.3 is 0 Å². The number of nitrogens with zero attached hydrogens (tertiary/aromatic N) is 2. The third kappa shape index (κ3) is 1.93. The third-order valence-corrected chi connectivity index (χ3v) is 2.12. The van der Waals surface area contributed by atoms with Crippen molar-refractivity contribution in [1.82, 2.24) is 0 Å². The molecule has 0 aliphatic carbocycles. The van der Waals surface area contributed by atoms with Gasteiger partial charge in [0.1, 0.15) is 5.69 Å². The molecule has 5 nitrogen and oxygen atoms in total. The summed E-state index contributed by atoms with van der Waals surface area (Å²) in [5.41, 5.74) is 6.59. The molecule has 0 spiro atoms. The van der Waals surface area contributed by atoms with Crippen molar-refractivity contribution < 1.29 is 4.92 Å². The van der Waals surface area contributed by atoms with Crippen LogP contribution < -0.4 is 10.6 Å². The highest BCUT2D eigenvalue weighted by atomic mass is 16.6.